The molecule has 3 aromatic rings. The second-order valence-corrected chi connectivity index (χ2v) is 5.90. The molecule has 0 atom stereocenters. The number of nitrogens with zero attached hydrogens (tertiary/aromatic N) is 7. The Balaban J connectivity index is 1.95. The number of piperazine rings is 1. The number of likely N-dealkylation sites (N-methyl/N-ethyl adjacent to an activating group) is 1. The number of aromatic nitrogens is 4. The van der Waals surface area contributed by atoms with E-state index < -0.39 is 0 Å². The standard InChI is InChI=1S/C16H17N7/c1-11-18-16-15(22-8-6-21(3)7-9-22)19-13-5-4-12(17-2)10-14(13)23(16)20-11/h4-5,10H,6-9H2,1,3H3. The third-order valence-corrected chi connectivity index (χ3v) is 4.26. The van der Waals surface area contributed by atoms with Crippen molar-refractivity contribution in [2.24, 2.45) is 0 Å². The first kappa shape index (κ1) is 13.9. The van der Waals surface area contributed by atoms with Gasteiger partial charge < -0.3 is 9.80 Å². The summed E-state index contributed by atoms with van der Waals surface area (Å²) in [7, 11) is 2.13. The van der Waals surface area contributed by atoms with Crippen molar-refractivity contribution in [2.45, 2.75) is 6.92 Å². The van der Waals surface area contributed by atoms with Gasteiger partial charge in [0, 0.05) is 26.2 Å². The molecule has 0 bridgehead atoms. The van der Waals surface area contributed by atoms with Gasteiger partial charge in [-0.25, -0.2) is 19.3 Å². The summed E-state index contributed by atoms with van der Waals surface area (Å²) in [4.78, 5) is 17.5. The molecule has 1 aromatic carbocycles. The lowest BCUT2D eigenvalue weighted by Gasteiger charge is -2.33. The number of aryl methyl sites for hydroxylation is 1. The molecule has 4 rings (SSSR count). The van der Waals surface area contributed by atoms with Crippen LogP contribution in [-0.4, -0.2) is 57.7 Å². The summed E-state index contributed by atoms with van der Waals surface area (Å²) in [5, 5.41) is 4.51. The monoisotopic (exact) mass is 307 g/mol. The zero-order valence-electron chi connectivity index (χ0n) is 13.2. The van der Waals surface area contributed by atoms with E-state index in [9.17, 15) is 0 Å². The third kappa shape index (κ3) is 2.28. The quantitative estimate of drug-likeness (QED) is 0.643. The highest BCUT2D eigenvalue weighted by Gasteiger charge is 2.21. The van der Waals surface area contributed by atoms with Gasteiger partial charge in [0.2, 0.25) is 0 Å². The first-order valence-electron chi connectivity index (χ1n) is 7.64. The van der Waals surface area contributed by atoms with Crippen LogP contribution in [0.2, 0.25) is 0 Å². The van der Waals surface area contributed by atoms with Crippen molar-refractivity contribution in [3.8, 4) is 0 Å². The van der Waals surface area contributed by atoms with Gasteiger partial charge in [-0.3, -0.25) is 0 Å². The lowest BCUT2D eigenvalue weighted by Crippen LogP contribution is -2.45. The largest absolute Gasteiger partial charge is 0.351 e. The molecule has 1 fully saturated rings. The topological polar surface area (TPSA) is 53.9 Å². The Labute approximate surface area is 134 Å². The number of benzene rings is 1. The zero-order chi connectivity index (χ0) is 16.0. The molecule has 7 heteroatoms. The maximum Gasteiger partial charge on any atom is 0.199 e. The smallest absolute Gasteiger partial charge is 0.199 e. The van der Waals surface area contributed by atoms with Crippen LogP contribution in [0.25, 0.3) is 21.5 Å². The molecule has 0 amide bonds. The molecule has 0 radical (unpaired) electrons. The maximum absolute atomic E-state index is 7.20. The Bertz CT molecular complexity index is 929. The predicted octanol–water partition coefficient (Wildman–Crippen LogP) is 1.89. The summed E-state index contributed by atoms with van der Waals surface area (Å²) in [6.07, 6.45) is 0. The van der Waals surface area contributed by atoms with E-state index in [2.05, 4.69) is 31.8 Å². The van der Waals surface area contributed by atoms with E-state index in [1.165, 1.54) is 0 Å². The van der Waals surface area contributed by atoms with E-state index in [4.69, 9.17) is 11.6 Å². The fourth-order valence-electron chi connectivity index (χ4n) is 2.97. The first-order chi connectivity index (χ1) is 11.2. The normalized spacial score (nSPS) is 16.1. The molecule has 1 aliphatic heterocycles. The lowest BCUT2D eigenvalue weighted by molar-refractivity contribution is 0.312. The van der Waals surface area contributed by atoms with Crippen molar-refractivity contribution in [1.82, 2.24) is 24.5 Å². The van der Waals surface area contributed by atoms with Crippen LogP contribution in [0.15, 0.2) is 18.2 Å². The van der Waals surface area contributed by atoms with Crippen LogP contribution in [-0.2, 0) is 0 Å². The van der Waals surface area contributed by atoms with Gasteiger partial charge in [-0.05, 0) is 26.1 Å². The van der Waals surface area contributed by atoms with Crippen molar-refractivity contribution in [1.29, 1.82) is 0 Å². The second-order valence-electron chi connectivity index (χ2n) is 5.90. The Morgan fingerprint density at radius 2 is 1.91 bits per heavy atom. The Morgan fingerprint density at radius 1 is 1.13 bits per heavy atom. The summed E-state index contributed by atoms with van der Waals surface area (Å²) in [6.45, 7) is 13.0. The number of fused-ring (bicyclic) bond motifs is 3. The zero-order valence-corrected chi connectivity index (χ0v) is 13.2. The molecule has 2 aromatic heterocycles. The third-order valence-electron chi connectivity index (χ3n) is 4.26. The molecule has 0 N–H and O–H groups in total. The Morgan fingerprint density at radius 3 is 2.65 bits per heavy atom. The minimum atomic E-state index is 0.584. The molecular formula is C16H17N7. The minimum absolute atomic E-state index is 0.584. The van der Waals surface area contributed by atoms with Crippen LogP contribution in [0.4, 0.5) is 11.5 Å². The van der Waals surface area contributed by atoms with Gasteiger partial charge in [0.15, 0.2) is 17.2 Å². The van der Waals surface area contributed by atoms with Crippen LogP contribution < -0.4 is 4.90 Å². The van der Waals surface area contributed by atoms with E-state index in [1.54, 1.807) is 6.07 Å². The van der Waals surface area contributed by atoms with E-state index in [1.807, 2.05) is 23.6 Å². The summed E-state index contributed by atoms with van der Waals surface area (Å²) < 4.78 is 1.82. The van der Waals surface area contributed by atoms with Gasteiger partial charge >= 0.3 is 0 Å². The van der Waals surface area contributed by atoms with Crippen LogP contribution in [0.3, 0.4) is 0 Å². The Kier molecular flexibility index (Phi) is 3.13. The molecule has 7 nitrogen and oxygen atoms in total. The molecule has 0 saturated carbocycles. The van der Waals surface area contributed by atoms with Crippen molar-refractivity contribution in [3.05, 3.63) is 35.4 Å². The molecular weight excluding hydrogens is 290 g/mol. The highest BCUT2D eigenvalue weighted by molar-refractivity contribution is 5.85. The highest BCUT2D eigenvalue weighted by atomic mass is 15.4. The van der Waals surface area contributed by atoms with E-state index in [0.29, 0.717) is 11.5 Å². The number of hydrogen-bond acceptors (Lipinski definition) is 5. The van der Waals surface area contributed by atoms with Gasteiger partial charge in [0.05, 0.1) is 17.6 Å². The SMILES string of the molecule is [C-]#[N+]c1ccc2nc(N3CCN(C)CC3)c3nc(C)nn3c2c1. The second kappa shape index (κ2) is 5.18. The molecule has 1 saturated heterocycles. The van der Waals surface area contributed by atoms with Crippen LogP contribution in [0.5, 0.6) is 0 Å². The molecule has 23 heavy (non-hydrogen) atoms. The molecule has 0 unspecified atom stereocenters. The number of rotatable bonds is 1. The Hall–Kier alpha value is -2.72. The van der Waals surface area contributed by atoms with Gasteiger partial charge in [-0.15, -0.1) is 0 Å². The van der Waals surface area contributed by atoms with Crippen molar-refractivity contribution < 1.29 is 0 Å². The van der Waals surface area contributed by atoms with Crippen LogP contribution in [0, 0.1) is 13.5 Å². The predicted molar refractivity (Wildman–Crippen MR) is 89.0 cm³/mol. The van der Waals surface area contributed by atoms with Gasteiger partial charge in [-0.2, -0.15) is 5.10 Å². The van der Waals surface area contributed by atoms with Crippen molar-refractivity contribution in [2.75, 3.05) is 38.1 Å². The average Bonchev–Trinajstić information content (AvgIpc) is 2.96. The van der Waals surface area contributed by atoms with Crippen LogP contribution in [0.1, 0.15) is 5.82 Å². The van der Waals surface area contributed by atoms with Crippen LogP contribution >= 0.6 is 0 Å². The molecule has 0 spiro atoms. The summed E-state index contributed by atoms with van der Waals surface area (Å²) in [5.41, 5.74) is 3.01. The van der Waals surface area contributed by atoms with E-state index >= 15 is 0 Å². The fourth-order valence-corrected chi connectivity index (χ4v) is 2.97. The molecule has 3 heterocycles. The van der Waals surface area contributed by atoms with Crippen molar-refractivity contribution >= 4 is 28.2 Å². The van der Waals surface area contributed by atoms with Gasteiger partial charge in [0.1, 0.15) is 5.82 Å². The van der Waals surface area contributed by atoms with Gasteiger partial charge in [0.25, 0.3) is 0 Å². The summed E-state index contributed by atoms with van der Waals surface area (Å²) >= 11 is 0. The maximum atomic E-state index is 7.20. The fraction of sp³-hybridized carbons (Fsp3) is 0.375. The minimum Gasteiger partial charge on any atom is -0.351 e. The molecule has 116 valence electrons. The first-order valence-corrected chi connectivity index (χ1v) is 7.64. The number of hydrogen-bond donors (Lipinski definition) is 0. The van der Waals surface area contributed by atoms with Crippen molar-refractivity contribution in [3.63, 3.8) is 0 Å². The summed E-state index contributed by atoms with van der Waals surface area (Å²) in [5.74, 6) is 1.59. The number of anilines is 1. The molecule has 1 aliphatic rings. The van der Waals surface area contributed by atoms with E-state index in [0.717, 1.165) is 48.7 Å². The van der Waals surface area contributed by atoms with E-state index in [-0.39, 0.29) is 0 Å². The highest BCUT2D eigenvalue weighted by Crippen LogP contribution is 2.26. The lowest BCUT2D eigenvalue weighted by atomic mass is 10.2. The average molecular weight is 307 g/mol. The molecule has 0 aliphatic carbocycles. The van der Waals surface area contributed by atoms with Gasteiger partial charge in [-0.1, -0.05) is 6.07 Å². The summed E-state index contributed by atoms with van der Waals surface area (Å²) in [6, 6.07) is 5.51.